The molecule has 0 saturated carbocycles. The van der Waals surface area contributed by atoms with Crippen molar-refractivity contribution in [2.45, 2.75) is 39.7 Å². The van der Waals surface area contributed by atoms with Gasteiger partial charge in [-0.05, 0) is 24.5 Å². The number of phenolic OH excluding ortho intramolecular Hbond substituents is 1. The van der Waals surface area contributed by atoms with Crippen molar-refractivity contribution in [1.82, 2.24) is 10.8 Å². The van der Waals surface area contributed by atoms with E-state index in [1.807, 2.05) is 13.8 Å². The van der Waals surface area contributed by atoms with Gasteiger partial charge in [-0.1, -0.05) is 20.8 Å². The Labute approximate surface area is 145 Å². The fourth-order valence-corrected chi connectivity index (χ4v) is 2.08. The van der Waals surface area contributed by atoms with Crippen LogP contribution >= 0.6 is 0 Å². The van der Waals surface area contributed by atoms with Crippen molar-refractivity contribution in [3.8, 4) is 5.75 Å². The zero-order valence-electron chi connectivity index (χ0n) is 14.4. The number of hydrogen-bond acceptors (Lipinski definition) is 5. The summed E-state index contributed by atoms with van der Waals surface area (Å²) in [6.45, 7) is 5.41. The number of hydroxylamine groups is 1. The van der Waals surface area contributed by atoms with Gasteiger partial charge in [0.1, 0.15) is 11.8 Å². The van der Waals surface area contributed by atoms with E-state index in [0.29, 0.717) is 12.1 Å². The number of amides is 4. The largest absolute Gasteiger partial charge is 0.508 e. The van der Waals surface area contributed by atoms with Gasteiger partial charge in [-0.25, -0.2) is 10.3 Å². The second-order valence-corrected chi connectivity index (χ2v) is 5.89. The number of carbonyl (C=O) groups excluding carboxylic acids is 3. The molecule has 25 heavy (non-hydrogen) atoms. The lowest BCUT2D eigenvalue weighted by Gasteiger charge is -2.19. The van der Waals surface area contributed by atoms with Gasteiger partial charge in [0, 0.05) is 12.5 Å². The SMILES string of the molecule is CCC(=O)Nc1ccc(O)cc1NC(=O)NC(CC(C)C)C(=O)NO. The van der Waals surface area contributed by atoms with E-state index < -0.39 is 18.0 Å². The van der Waals surface area contributed by atoms with Crippen molar-refractivity contribution in [1.29, 1.82) is 0 Å². The van der Waals surface area contributed by atoms with E-state index in [0.717, 1.165) is 0 Å². The minimum Gasteiger partial charge on any atom is -0.508 e. The van der Waals surface area contributed by atoms with Gasteiger partial charge in [0.15, 0.2) is 0 Å². The summed E-state index contributed by atoms with van der Waals surface area (Å²) in [5.41, 5.74) is 2.00. The first-order chi connectivity index (χ1) is 11.8. The average molecular weight is 352 g/mol. The van der Waals surface area contributed by atoms with E-state index in [2.05, 4.69) is 16.0 Å². The van der Waals surface area contributed by atoms with Gasteiger partial charge in [-0.2, -0.15) is 0 Å². The monoisotopic (exact) mass is 352 g/mol. The lowest BCUT2D eigenvalue weighted by molar-refractivity contribution is -0.131. The summed E-state index contributed by atoms with van der Waals surface area (Å²) < 4.78 is 0. The third-order valence-corrected chi connectivity index (χ3v) is 3.29. The molecule has 138 valence electrons. The Hall–Kier alpha value is -2.81. The molecule has 0 aromatic heterocycles. The highest BCUT2D eigenvalue weighted by atomic mass is 16.5. The molecule has 0 radical (unpaired) electrons. The molecule has 1 aromatic rings. The molecule has 1 rings (SSSR count). The van der Waals surface area contributed by atoms with Crippen molar-refractivity contribution in [3.05, 3.63) is 18.2 Å². The second kappa shape index (κ2) is 9.48. The van der Waals surface area contributed by atoms with Crippen molar-refractivity contribution in [3.63, 3.8) is 0 Å². The average Bonchev–Trinajstić information content (AvgIpc) is 2.55. The number of anilines is 2. The lowest BCUT2D eigenvalue weighted by Crippen LogP contribution is -2.48. The predicted octanol–water partition coefficient (Wildman–Crippen LogP) is 1.78. The normalized spacial score (nSPS) is 11.6. The van der Waals surface area contributed by atoms with Gasteiger partial charge in [0.2, 0.25) is 5.91 Å². The molecule has 6 N–H and O–H groups in total. The number of carbonyl (C=O) groups is 3. The molecular weight excluding hydrogens is 328 g/mol. The number of aromatic hydroxyl groups is 1. The van der Waals surface area contributed by atoms with Crippen LogP contribution in [0.25, 0.3) is 0 Å². The molecule has 0 saturated heterocycles. The molecule has 4 amide bonds. The molecule has 1 aromatic carbocycles. The molecule has 0 aliphatic rings. The van der Waals surface area contributed by atoms with E-state index in [1.54, 1.807) is 6.92 Å². The van der Waals surface area contributed by atoms with Crippen molar-refractivity contribution in [2.75, 3.05) is 10.6 Å². The van der Waals surface area contributed by atoms with E-state index in [-0.39, 0.29) is 29.7 Å². The Balaban J connectivity index is 2.88. The molecule has 1 atom stereocenters. The lowest BCUT2D eigenvalue weighted by atomic mass is 10.0. The summed E-state index contributed by atoms with van der Waals surface area (Å²) in [4.78, 5) is 35.4. The minimum atomic E-state index is -0.934. The molecule has 0 heterocycles. The van der Waals surface area contributed by atoms with Crippen LogP contribution in [0.5, 0.6) is 5.75 Å². The molecule has 9 heteroatoms. The van der Waals surface area contributed by atoms with Crippen molar-refractivity contribution >= 4 is 29.2 Å². The summed E-state index contributed by atoms with van der Waals surface area (Å²) in [5, 5.41) is 25.9. The van der Waals surface area contributed by atoms with Gasteiger partial charge in [0.05, 0.1) is 11.4 Å². The highest BCUT2D eigenvalue weighted by Crippen LogP contribution is 2.26. The summed E-state index contributed by atoms with van der Waals surface area (Å²) in [5.74, 6) is -0.995. The molecule has 0 fully saturated rings. The number of phenols is 1. The van der Waals surface area contributed by atoms with Gasteiger partial charge in [-0.15, -0.1) is 0 Å². The number of hydrogen-bond donors (Lipinski definition) is 6. The molecule has 9 nitrogen and oxygen atoms in total. The van der Waals surface area contributed by atoms with Crippen molar-refractivity contribution < 1.29 is 24.7 Å². The molecular formula is C16H24N4O5. The fraction of sp³-hybridized carbons (Fsp3) is 0.438. The van der Waals surface area contributed by atoms with Crippen LogP contribution in [0.3, 0.4) is 0 Å². The summed E-state index contributed by atoms with van der Waals surface area (Å²) in [6.07, 6.45) is 0.568. The van der Waals surface area contributed by atoms with E-state index in [1.165, 1.54) is 23.7 Å². The Morgan fingerprint density at radius 2 is 1.80 bits per heavy atom. The van der Waals surface area contributed by atoms with Gasteiger partial charge in [-0.3, -0.25) is 14.8 Å². The maximum Gasteiger partial charge on any atom is 0.319 e. The van der Waals surface area contributed by atoms with E-state index in [9.17, 15) is 19.5 Å². The topological polar surface area (TPSA) is 140 Å². The minimum absolute atomic E-state index is 0.0998. The molecule has 1 unspecified atom stereocenters. The van der Waals surface area contributed by atoms with E-state index >= 15 is 0 Å². The third kappa shape index (κ3) is 6.68. The van der Waals surface area contributed by atoms with E-state index in [4.69, 9.17) is 5.21 Å². The second-order valence-electron chi connectivity index (χ2n) is 5.89. The first-order valence-corrected chi connectivity index (χ1v) is 7.91. The standard InChI is InChI=1S/C16H24N4O5/c1-4-14(22)17-11-6-5-10(21)8-12(11)18-16(24)19-13(7-9(2)3)15(23)20-25/h5-6,8-9,13,21,25H,4,7H2,1-3H3,(H,17,22)(H,20,23)(H2,18,19,24). The number of benzene rings is 1. The number of rotatable bonds is 7. The maximum atomic E-state index is 12.2. The Morgan fingerprint density at radius 3 is 2.36 bits per heavy atom. The molecule has 0 spiro atoms. The summed E-state index contributed by atoms with van der Waals surface area (Å²) in [6, 6.07) is 2.44. The van der Waals surface area contributed by atoms with Crippen LogP contribution in [0.4, 0.5) is 16.2 Å². The van der Waals surface area contributed by atoms with Crippen LogP contribution in [0.2, 0.25) is 0 Å². The molecule has 0 bridgehead atoms. The zero-order chi connectivity index (χ0) is 19.0. The quantitative estimate of drug-likeness (QED) is 0.252. The Kier molecular flexibility index (Phi) is 7.67. The van der Waals surface area contributed by atoms with Crippen molar-refractivity contribution in [2.24, 2.45) is 5.92 Å². The maximum absolute atomic E-state index is 12.2. The first-order valence-electron chi connectivity index (χ1n) is 7.91. The van der Waals surface area contributed by atoms with Crippen LogP contribution in [0.1, 0.15) is 33.6 Å². The number of urea groups is 1. The zero-order valence-corrected chi connectivity index (χ0v) is 14.4. The van der Waals surface area contributed by atoms with Crippen LogP contribution in [0, 0.1) is 5.92 Å². The van der Waals surface area contributed by atoms with Gasteiger partial charge >= 0.3 is 6.03 Å². The third-order valence-electron chi connectivity index (χ3n) is 3.29. The summed E-state index contributed by atoms with van der Waals surface area (Å²) in [7, 11) is 0. The van der Waals surface area contributed by atoms with Gasteiger partial charge in [0.25, 0.3) is 5.91 Å². The Morgan fingerprint density at radius 1 is 1.12 bits per heavy atom. The Bertz CT molecular complexity index is 633. The van der Waals surface area contributed by atoms with Crippen LogP contribution in [-0.2, 0) is 9.59 Å². The highest BCUT2D eigenvalue weighted by molar-refractivity contribution is 6.00. The van der Waals surface area contributed by atoms with Gasteiger partial charge < -0.3 is 21.1 Å². The predicted molar refractivity (Wildman–Crippen MR) is 92.4 cm³/mol. The summed E-state index contributed by atoms with van der Waals surface area (Å²) >= 11 is 0. The van der Waals surface area contributed by atoms with Crippen LogP contribution < -0.4 is 21.4 Å². The first kappa shape index (κ1) is 20.2. The smallest absolute Gasteiger partial charge is 0.319 e. The highest BCUT2D eigenvalue weighted by Gasteiger charge is 2.22. The number of nitrogens with one attached hydrogen (secondary N) is 4. The van der Waals surface area contributed by atoms with Crippen LogP contribution in [0.15, 0.2) is 18.2 Å². The van der Waals surface area contributed by atoms with Crippen LogP contribution in [-0.4, -0.2) is 34.2 Å². The molecule has 0 aliphatic carbocycles. The fourth-order valence-electron chi connectivity index (χ4n) is 2.08. The molecule has 0 aliphatic heterocycles.